The van der Waals surface area contributed by atoms with E-state index in [0.717, 1.165) is 30.2 Å². The molecule has 29 heavy (non-hydrogen) atoms. The molecule has 7 heteroatoms. The highest BCUT2D eigenvalue weighted by Crippen LogP contribution is 2.28. The number of aliphatic hydroxyl groups is 1. The number of fused-ring (bicyclic) bond motifs is 1. The third kappa shape index (κ3) is 4.47. The number of benzene rings is 1. The van der Waals surface area contributed by atoms with E-state index in [1.165, 1.54) is 0 Å². The lowest BCUT2D eigenvalue weighted by molar-refractivity contribution is -0.0742. The van der Waals surface area contributed by atoms with Crippen molar-refractivity contribution in [2.75, 3.05) is 19.8 Å². The van der Waals surface area contributed by atoms with Crippen LogP contribution in [0.5, 0.6) is 0 Å². The maximum absolute atomic E-state index is 12.9. The maximum Gasteiger partial charge on any atom is 0.272 e. The molecule has 2 fully saturated rings. The molecule has 0 spiro atoms. The number of carbonyl (C=O) groups excluding carboxylic acids is 1. The minimum Gasteiger partial charge on any atom is -0.390 e. The van der Waals surface area contributed by atoms with Gasteiger partial charge in [0.15, 0.2) is 5.69 Å². The lowest BCUT2D eigenvalue weighted by Crippen LogP contribution is -2.52. The zero-order valence-corrected chi connectivity index (χ0v) is 17.4. The zero-order valence-electron chi connectivity index (χ0n) is 17.4. The molecule has 1 aromatic heterocycles. The van der Waals surface area contributed by atoms with Gasteiger partial charge in [-0.1, -0.05) is 18.2 Å². The summed E-state index contributed by atoms with van der Waals surface area (Å²) >= 11 is 0. The third-order valence-electron chi connectivity index (χ3n) is 6.22. The molecule has 0 aliphatic carbocycles. The van der Waals surface area contributed by atoms with E-state index in [1.54, 1.807) is 0 Å². The summed E-state index contributed by atoms with van der Waals surface area (Å²) in [6, 6.07) is 8.43. The highest BCUT2D eigenvalue weighted by Gasteiger charge is 2.34. The quantitative estimate of drug-likeness (QED) is 0.717. The van der Waals surface area contributed by atoms with Crippen LogP contribution in [0.4, 0.5) is 0 Å². The van der Waals surface area contributed by atoms with Crippen LogP contribution >= 0.6 is 0 Å². The van der Waals surface area contributed by atoms with Crippen LogP contribution in [0.2, 0.25) is 0 Å². The molecule has 1 unspecified atom stereocenters. The Bertz CT molecular complexity index is 849. The molecule has 2 saturated heterocycles. The van der Waals surface area contributed by atoms with E-state index in [1.807, 2.05) is 28.9 Å². The van der Waals surface area contributed by atoms with Gasteiger partial charge in [-0.25, -0.2) is 0 Å². The van der Waals surface area contributed by atoms with Gasteiger partial charge < -0.3 is 20.5 Å². The molecule has 4 rings (SSSR count). The second kappa shape index (κ2) is 8.42. The first-order chi connectivity index (χ1) is 14.0. The third-order valence-corrected chi connectivity index (χ3v) is 6.22. The summed E-state index contributed by atoms with van der Waals surface area (Å²) in [7, 11) is 0. The van der Waals surface area contributed by atoms with Crippen molar-refractivity contribution in [1.82, 2.24) is 20.4 Å². The van der Waals surface area contributed by atoms with Gasteiger partial charge in [0.1, 0.15) is 0 Å². The van der Waals surface area contributed by atoms with Crippen molar-refractivity contribution >= 4 is 16.8 Å². The number of nitrogens with zero attached hydrogens (tertiary/aromatic N) is 2. The number of hydrogen-bond donors (Lipinski definition) is 3. The van der Waals surface area contributed by atoms with Crippen molar-refractivity contribution in [3.05, 3.63) is 30.0 Å². The van der Waals surface area contributed by atoms with Gasteiger partial charge in [-0.2, -0.15) is 5.10 Å². The molecule has 0 bridgehead atoms. The van der Waals surface area contributed by atoms with Crippen LogP contribution in [0.3, 0.4) is 0 Å². The second-order valence-electron chi connectivity index (χ2n) is 8.80. The summed E-state index contributed by atoms with van der Waals surface area (Å²) in [5.41, 5.74) is 0.862. The van der Waals surface area contributed by atoms with Crippen LogP contribution in [-0.2, 0) is 4.74 Å². The Hall–Kier alpha value is -1.96. The zero-order chi connectivity index (χ0) is 20.4. The average Bonchev–Trinajstić information content (AvgIpc) is 3.10. The summed E-state index contributed by atoms with van der Waals surface area (Å²) in [5.74, 6) is -0.117. The summed E-state index contributed by atoms with van der Waals surface area (Å²) in [4.78, 5) is 12.9. The number of ether oxygens (including phenoxy) is 1. The van der Waals surface area contributed by atoms with Crippen LogP contribution in [0.1, 0.15) is 62.5 Å². The Kier molecular flexibility index (Phi) is 5.90. The summed E-state index contributed by atoms with van der Waals surface area (Å²) in [5, 5.41) is 22.9. The minimum atomic E-state index is -0.616. The number of carbonyl (C=O) groups is 1. The monoisotopic (exact) mass is 400 g/mol. The lowest BCUT2D eigenvalue weighted by Gasteiger charge is -2.38. The number of rotatable bonds is 5. The molecule has 1 amide bonds. The predicted octanol–water partition coefficient (Wildman–Crippen LogP) is 2.40. The number of aromatic nitrogens is 2. The molecule has 2 aromatic rings. The second-order valence-corrected chi connectivity index (χ2v) is 8.80. The first-order valence-corrected chi connectivity index (χ1v) is 10.8. The SMILES string of the molecule is CC(C)n1nc(C(=O)NC2CC[C@@H](CC3(O)CCOCC3)NC2)c2ccccc21. The molecular formula is C22H32N4O3. The molecule has 3 N–H and O–H groups in total. The fourth-order valence-corrected chi connectivity index (χ4v) is 4.53. The highest BCUT2D eigenvalue weighted by molar-refractivity contribution is 6.05. The number of hydrogen-bond acceptors (Lipinski definition) is 5. The van der Waals surface area contributed by atoms with Crippen molar-refractivity contribution in [2.24, 2.45) is 0 Å². The lowest BCUT2D eigenvalue weighted by atomic mass is 9.84. The molecule has 1 aromatic carbocycles. The highest BCUT2D eigenvalue weighted by atomic mass is 16.5. The van der Waals surface area contributed by atoms with Crippen molar-refractivity contribution in [3.8, 4) is 0 Å². The van der Waals surface area contributed by atoms with E-state index in [4.69, 9.17) is 4.74 Å². The van der Waals surface area contributed by atoms with E-state index in [9.17, 15) is 9.90 Å². The molecule has 2 atom stereocenters. The van der Waals surface area contributed by atoms with Crippen LogP contribution in [0.15, 0.2) is 24.3 Å². The van der Waals surface area contributed by atoms with Gasteiger partial charge in [0.05, 0.1) is 11.1 Å². The summed E-state index contributed by atoms with van der Waals surface area (Å²) in [6.07, 6.45) is 4.00. The van der Waals surface area contributed by atoms with E-state index in [0.29, 0.717) is 38.3 Å². The first-order valence-electron chi connectivity index (χ1n) is 10.8. The standard InChI is InChI=1S/C22H32N4O3/c1-15(2)26-19-6-4-3-5-18(19)20(25-26)21(27)24-17-8-7-16(23-14-17)13-22(28)9-11-29-12-10-22/h3-6,15-17,23,28H,7-14H2,1-2H3,(H,24,27)/t16-,17?/m0/s1. The van der Waals surface area contributed by atoms with Gasteiger partial charge in [-0.15, -0.1) is 0 Å². The largest absolute Gasteiger partial charge is 0.390 e. The van der Waals surface area contributed by atoms with Crippen molar-refractivity contribution < 1.29 is 14.6 Å². The maximum atomic E-state index is 12.9. The number of nitrogens with one attached hydrogen (secondary N) is 2. The molecule has 0 radical (unpaired) electrons. The predicted molar refractivity (Wildman–Crippen MR) is 112 cm³/mol. The van der Waals surface area contributed by atoms with E-state index < -0.39 is 5.60 Å². The minimum absolute atomic E-state index is 0.0750. The van der Waals surface area contributed by atoms with Crippen LogP contribution < -0.4 is 10.6 Å². The van der Waals surface area contributed by atoms with Gasteiger partial charge in [-0.3, -0.25) is 9.48 Å². The van der Waals surface area contributed by atoms with Crippen molar-refractivity contribution in [1.29, 1.82) is 0 Å². The molecular weight excluding hydrogens is 368 g/mol. The first kappa shape index (κ1) is 20.3. The summed E-state index contributed by atoms with van der Waals surface area (Å²) < 4.78 is 7.28. The van der Waals surface area contributed by atoms with Gasteiger partial charge in [0.2, 0.25) is 0 Å². The Morgan fingerprint density at radius 1 is 1.34 bits per heavy atom. The molecule has 2 aliphatic rings. The molecule has 2 aliphatic heterocycles. The number of piperidine rings is 1. The number of para-hydroxylation sites is 1. The van der Waals surface area contributed by atoms with Gasteiger partial charge in [0.25, 0.3) is 5.91 Å². The normalized spacial score (nSPS) is 24.7. The molecule has 158 valence electrons. The molecule has 7 nitrogen and oxygen atoms in total. The molecule has 0 saturated carbocycles. The van der Waals surface area contributed by atoms with Crippen molar-refractivity contribution in [2.45, 2.75) is 69.7 Å². The fraction of sp³-hybridized carbons (Fsp3) is 0.636. The van der Waals surface area contributed by atoms with Crippen LogP contribution in [0, 0.1) is 0 Å². The van der Waals surface area contributed by atoms with Gasteiger partial charge >= 0.3 is 0 Å². The Morgan fingerprint density at radius 3 is 2.79 bits per heavy atom. The van der Waals surface area contributed by atoms with E-state index in [2.05, 4.69) is 29.6 Å². The molecule has 3 heterocycles. The topological polar surface area (TPSA) is 88.4 Å². The number of amides is 1. The van der Waals surface area contributed by atoms with E-state index >= 15 is 0 Å². The summed E-state index contributed by atoms with van der Waals surface area (Å²) in [6.45, 7) is 6.13. The van der Waals surface area contributed by atoms with E-state index in [-0.39, 0.29) is 24.0 Å². The fourth-order valence-electron chi connectivity index (χ4n) is 4.53. The van der Waals surface area contributed by atoms with Gasteiger partial charge in [-0.05, 0) is 52.0 Å². The Balaban J connectivity index is 1.36. The smallest absolute Gasteiger partial charge is 0.272 e. The van der Waals surface area contributed by atoms with Crippen molar-refractivity contribution in [3.63, 3.8) is 0 Å². The Morgan fingerprint density at radius 2 is 2.10 bits per heavy atom. The van der Waals surface area contributed by atoms with Gasteiger partial charge in [0, 0.05) is 43.3 Å². The van der Waals surface area contributed by atoms with Crippen LogP contribution in [0.25, 0.3) is 10.9 Å². The Labute approximate surface area is 171 Å². The van der Waals surface area contributed by atoms with Crippen LogP contribution in [-0.4, -0.2) is 58.2 Å². The average molecular weight is 401 g/mol.